The molecule has 0 bridgehead atoms. The largest absolute Gasteiger partial charge is 0.370 e. The summed E-state index contributed by atoms with van der Waals surface area (Å²) in [6, 6.07) is 8.21. The Hall–Kier alpha value is -1.07. The second-order valence-corrected chi connectivity index (χ2v) is 6.27. The number of anilines is 1. The molecule has 0 unspecified atom stereocenters. The first-order chi connectivity index (χ1) is 8.08. The minimum absolute atomic E-state index is 0.218. The van der Waals surface area contributed by atoms with Crippen molar-refractivity contribution < 1.29 is 8.42 Å². The van der Waals surface area contributed by atoms with Crippen molar-refractivity contribution in [1.82, 2.24) is 4.72 Å². The molecule has 1 heterocycles. The van der Waals surface area contributed by atoms with Crippen LogP contribution in [0, 0.1) is 6.92 Å². The van der Waals surface area contributed by atoms with Gasteiger partial charge in [0, 0.05) is 25.3 Å². The van der Waals surface area contributed by atoms with Crippen molar-refractivity contribution in [3.05, 3.63) is 29.8 Å². The van der Waals surface area contributed by atoms with Gasteiger partial charge in [0.15, 0.2) is 0 Å². The summed E-state index contributed by atoms with van der Waals surface area (Å²) >= 11 is 0. The lowest BCUT2D eigenvalue weighted by molar-refractivity contribution is 0.570. The first-order valence-corrected chi connectivity index (χ1v) is 7.52. The highest BCUT2D eigenvalue weighted by Crippen LogP contribution is 2.19. The molecule has 1 aliphatic rings. The summed E-state index contributed by atoms with van der Waals surface area (Å²) in [6.07, 6.45) is 0.670. The van der Waals surface area contributed by atoms with E-state index in [4.69, 9.17) is 0 Å². The van der Waals surface area contributed by atoms with Crippen LogP contribution in [-0.2, 0) is 10.0 Å². The molecule has 1 aromatic rings. The van der Waals surface area contributed by atoms with Crippen molar-refractivity contribution in [3.8, 4) is 0 Å². The average molecular weight is 254 g/mol. The van der Waals surface area contributed by atoms with Gasteiger partial charge in [0.2, 0.25) is 10.0 Å². The van der Waals surface area contributed by atoms with E-state index < -0.39 is 10.0 Å². The Balaban J connectivity index is 2.11. The highest BCUT2D eigenvalue weighted by molar-refractivity contribution is 7.89. The van der Waals surface area contributed by atoms with E-state index in [9.17, 15) is 8.42 Å². The van der Waals surface area contributed by atoms with E-state index >= 15 is 0 Å². The van der Waals surface area contributed by atoms with Crippen molar-refractivity contribution in [1.29, 1.82) is 0 Å². The molecule has 1 N–H and O–H groups in total. The number of aryl methyl sites for hydroxylation is 1. The van der Waals surface area contributed by atoms with Gasteiger partial charge in [0.25, 0.3) is 0 Å². The predicted molar refractivity (Wildman–Crippen MR) is 69.8 cm³/mol. The first-order valence-electron chi connectivity index (χ1n) is 5.86. The zero-order valence-electron chi connectivity index (χ0n) is 10.0. The van der Waals surface area contributed by atoms with Gasteiger partial charge >= 0.3 is 0 Å². The van der Waals surface area contributed by atoms with Gasteiger partial charge in [-0.25, -0.2) is 13.1 Å². The van der Waals surface area contributed by atoms with Gasteiger partial charge in [0.1, 0.15) is 0 Å². The van der Waals surface area contributed by atoms with E-state index in [-0.39, 0.29) is 5.75 Å². The standard InChI is InChI=1S/C12H18N2O2S/c1-11-5-2-3-6-12(11)14-8-4-10-17(15,16)13-7-9-14/h2-3,5-6,13H,4,7-10H2,1H3. The molecule has 1 aliphatic heterocycles. The number of hydrogen-bond donors (Lipinski definition) is 1. The monoisotopic (exact) mass is 254 g/mol. The maximum atomic E-state index is 11.4. The van der Waals surface area contributed by atoms with Gasteiger partial charge < -0.3 is 4.90 Å². The molecule has 0 spiro atoms. The van der Waals surface area contributed by atoms with E-state index in [0.29, 0.717) is 13.0 Å². The molecular formula is C12H18N2O2S. The van der Waals surface area contributed by atoms with Crippen LogP contribution >= 0.6 is 0 Å². The lowest BCUT2D eigenvalue weighted by Crippen LogP contribution is -2.40. The highest BCUT2D eigenvalue weighted by atomic mass is 32.2. The zero-order valence-corrected chi connectivity index (χ0v) is 10.8. The maximum Gasteiger partial charge on any atom is 0.211 e. The summed E-state index contributed by atoms with van der Waals surface area (Å²) < 4.78 is 25.4. The van der Waals surface area contributed by atoms with E-state index in [2.05, 4.69) is 28.7 Å². The van der Waals surface area contributed by atoms with Crippen LogP contribution in [0.2, 0.25) is 0 Å². The Labute approximate surface area is 103 Å². The molecule has 0 saturated carbocycles. The second-order valence-electron chi connectivity index (χ2n) is 4.34. The number of benzene rings is 1. The molecule has 5 heteroatoms. The molecular weight excluding hydrogens is 236 g/mol. The highest BCUT2D eigenvalue weighted by Gasteiger charge is 2.16. The molecule has 1 fully saturated rings. The number of nitrogens with one attached hydrogen (secondary N) is 1. The molecule has 1 aromatic carbocycles. The predicted octanol–water partition coefficient (Wildman–Crippen LogP) is 1.12. The van der Waals surface area contributed by atoms with E-state index in [1.54, 1.807) is 0 Å². The van der Waals surface area contributed by atoms with Crippen LogP contribution in [0.15, 0.2) is 24.3 Å². The van der Waals surface area contributed by atoms with Gasteiger partial charge in [-0.05, 0) is 25.0 Å². The van der Waals surface area contributed by atoms with Crippen molar-refractivity contribution in [2.45, 2.75) is 13.3 Å². The number of rotatable bonds is 1. The van der Waals surface area contributed by atoms with Crippen molar-refractivity contribution in [2.24, 2.45) is 0 Å². The van der Waals surface area contributed by atoms with Crippen LogP contribution in [0.1, 0.15) is 12.0 Å². The number of para-hydroxylation sites is 1. The van der Waals surface area contributed by atoms with E-state index in [0.717, 1.165) is 13.1 Å². The molecule has 2 rings (SSSR count). The molecule has 0 amide bonds. The minimum atomic E-state index is -3.03. The quantitative estimate of drug-likeness (QED) is 0.817. The normalized spacial score (nSPS) is 20.6. The summed E-state index contributed by atoms with van der Waals surface area (Å²) in [7, 11) is -3.03. The summed E-state index contributed by atoms with van der Waals surface area (Å²) in [5, 5.41) is 0. The second kappa shape index (κ2) is 5.06. The Morgan fingerprint density at radius 3 is 2.76 bits per heavy atom. The van der Waals surface area contributed by atoms with Crippen LogP contribution in [0.5, 0.6) is 0 Å². The zero-order chi connectivity index (χ0) is 12.3. The van der Waals surface area contributed by atoms with Gasteiger partial charge in [-0.2, -0.15) is 0 Å². The maximum absolute atomic E-state index is 11.4. The number of sulfonamides is 1. The third-order valence-corrected chi connectivity index (χ3v) is 4.47. The lowest BCUT2D eigenvalue weighted by Gasteiger charge is -2.28. The first kappa shape index (κ1) is 12.4. The Kier molecular flexibility index (Phi) is 3.69. The summed E-state index contributed by atoms with van der Waals surface area (Å²) in [5.74, 6) is 0.218. The molecule has 0 aromatic heterocycles. The van der Waals surface area contributed by atoms with Crippen molar-refractivity contribution in [2.75, 3.05) is 30.3 Å². The van der Waals surface area contributed by atoms with E-state index in [1.165, 1.54) is 11.3 Å². The van der Waals surface area contributed by atoms with Crippen LogP contribution in [0.25, 0.3) is 0 Å². The fraction of sp³-hybridized carbons (Fsp3) is 0.500. The minimum Gasteiger partial charge on any atom is -0.370 e. The van der Waals surface area contributed by atoms with Crippen LogP contribution in [0.3, 0.4) is 0 Å². The molecule has 17 heavy (non-hydrogen) atoms. The van der Waals surface area contributed by atoms with E-state index in [1.807, 2.05) is 12.1 Å². The molecule has 0 atom stereocenters. The lowest BCUT2D eigenvalue weighted by atomic mass is 10.1. The molecule has 1 saturated heterocycles. The van der Waals surface area contributed by atoms with Crippen LogP contribution < -0.4 is 9.62 Å². The summed E-state index contributed by atoms with van der Waals surface area (Å²) in [6.45, 7) is 4.09. The number of nitrogens with zero attached hydrogens (tertiary/aromatic N) is 1. The van der Waals surface area contributed by atoms with Gasteiger partial charge in [0.05, 0.1) is 5.75 Å². The van der Waals surface area contributed by atoms with Crippen molar-refractivity contribution >= 4 is 15.7 Å². The van der Waals surface area contributed by atoms with Crippen LogP contribution in [-0.4, -0.2) is 33.8 Å². The Morgan fingerprint density at radius 2 is 2.00 bits per heavy atom. The molecule has 0 aliphatic carbocycles. The van der Waals surface area contributed by atoms with Gasteiger partial charge in [-0.15, -0.1) is 0 Å². The molecule has 0 radical (unpaired) electrons. The molecule has 94 valence electrons. The summed E-state index contributed by atoms with van der Waals surface area (Å²) in [4.78, 5) is 2.25. The third kappa shape index (κ3) is 3.20. The summed E-state index contributed by atoms with van der Waals surface area (Å²) in [5.41, 5.74) is 2.43. The third-order valence-electron chi connectivity index (χ3n) is 3.00. The van der Waals surface area contributed by atoms with Crippen LogP contribution in [0.4, 0.5) is 5.69 Å². The topological polar surface area (TPSA) is 49.4 Å². The van der Waals surface area contributed by atoms with Gasteiger partial charge in [-0.1, -0.05) is 18.2 Å². The van der Waals surface area contributed by atoms with Gasteiger partial charge in [-0.3, -0.25) is 0 Å². The smallest absolute Gasteiger partial charge is 0.211 e. The fourth-order valence-electron chi connectivity index (χ4n) is 2.12. The average Bonchev–Trinajstić information content (AvgIpc) is 2.25. The fourth-order valence-corrected chi connectivity index (χ4v) is 3.18. The Bertz CT molecular complexity index is 469. The Morgan fingerprint density at radius 1 is 1.24 bits per heavy atom. The molecule has 4 nitrogen and oxygen atoms in total. The van der Waals surface area contributed by atoms with Crippen molar-refractivity contribution in [3.63, 3.8) is 0 Å². The SMILES string of the molecule is Cc1ccccc1N1CCCS(=O)(=O)NCC1. The number of hydrogen-bond acceptors (Lipinski definition) is 3.